The Hall–Kier alpha value is -3.67. The maximum atomic E-state index is 12.1. The summed E-state index contributed by atoms with van der Waals surface area (Å²) >= 11 is 0. The van der Waals surface area contributed by atoms with Crippen LogP contribution in [0.15, 0.2) is 66.9 Å². The lowest BCUT2D eigenvalue weighted by molar-refractivity contribution is -0.115. The second-order valence-electron chi connectivity index (χ2n) is 5.88. The standard InChI is InChI=1S/C21H19N3O3/c1-15-19(11-12-22-21(15)23-14-25)27-18-9-7-17(8-10-18)24-20(26)13-16-5-3-2-4-6-16/h2-12,14H,13H2,1H3,(H,24,26)(H,22,23,25). The van der Waals surface area contributed by atoms with Crippen LogP contribution in [0.4, 0.5) is 11.5 Å². The van der Waals surface area contributed by atoms with E-state index < -0.39 is 0 Å². The van der Waals surface area contributed by atoms with Crippen LogP contribution in [0.1, 0.15) is 11.1 Å². The molecule has 3 aromatic rings. The summed E-state index contributed by atoms with van der Waals surface area (Å²) in [5, 5.41) is 5.40. The highest BCUT2D eigenvalue weighted by molar-refractivity contribution is 5.92. The average Bonchev–Trinajstić information content (AvgIpc) is 2.67. The third-order valence-corrected chi connectivity index (χ3v) is 3.92. The van der Waals surface area contributed by atoms with Gasteiger partial charge in [0.25, 0.3) is 0 Å². The summed E-state index contributed by atoms with van der Waals surface area (Å²) in [6.07, 6.45) is 2.46. The summed E-state index contributed by atoms with van der Waals surface area (Å²) in [5.74, 6) is 1.58. The Morgan fingerprint density at radius 1 is 1.07 bits per heavy atom. The zero-order chi connectivity index (χ0) is 19.1. The van der Waals surface area contributed by atoms with Crippen molar-refractivity contribution in [3.8, 4) is 11.5 Å². The molecule has 0 aliphatic carbocycles. The van der Waals surface area contributed by atoms with Gasteiger partial charge in [-0.1, -0.05) is 30.3 Å². The number of anilines is 2. The van der Waals surface area contributed by atoms with Gasteiger partial charge in [0.1, 0.15) is 17.3 Å². The van der Waals surface area contributed by atoms with E-state index in [4.69, 9.17) is 4.74 Å². The fourth-order valence-corrected chi connectivity index (χ4v) is 2.55. The van der Waals surface area contributed by atoms with Crippen LogP contribution in [0.2, 0.25) is 0 Å². The average molecular weight is 361 g/mol. The summed E-state index contributed by atoms with van der Waals surface area (Å²) < 4.78 is 5.84. The Morgan fingerprint density at radius 3 is 2.52 bits per heavy atom. The zero-order valence-corrected chi connectivity index (χ0v) is 14.8. The van der Waals surface area contributed by atoms with E-state index >= 15 is 0 Å². The first-order valence-electron chi connectivity index (χ1n) is 8.43. The van der Waals surface area contributed by atoms with Gasteiger partial charge in [-0.15, -0.1) is 0 Å². The van der Waals surface area contributed by atoms with Gasteiger partial charge in [0.2, 0.25) is 12.3 Å². The molecule has 2 N–H and O–H groups in total. The maximum Gasteiger partial charge on any atom is 0.228 e. The number of hydrogen-bond donors (Lipinski definition) is 2. The van der Waals surface area contributed by atoms with Gasteiger partial charge >= 0.3 is 0 Å². The largest absolute Gasteiger partial charge is 0.457 e. The number of rotatable bonds is 7. The van der Waals surface area contributed by atoms with Crippen molar-refractivity contribution < 1.29 is 14.3 Å². The van der Waals surface area contributed by atoms with E-state index in [-0.39, 0.29) is 5.91 Å². The Bertz CT molecular complexity index is 925. The number of benzene rings is 2. The molecule has 0 saturated carbocycles. The van der Waals surface area contributed by atoms with Crippen LogP contribution >= 0.6 is 0 Å². The van der Waals surface area contributed by atoms with Gasteiger partial charge in [0.15, 0.2) is 0 Å². The molecule has 0 aliphatic heterocycles. The third-order valence-electron chi connectivity index (χ3n) is 3.92. The van der Waals surface area contributed by atoms with Crippen molar-refractivity contribution in [2.75, 3.05) is 10.6 Å². The highest BCUT2D eigenvalue weighted by Gasteiger charge is 2.08. The second-order valence-corrected chi connectivity index (χ2v) is 5.88. The van der Waals surface area contributed by atoms with Gasteiger partial charge in [0.05, 0.1) is 6.42 Å². The highest BCUT2D eigenvalue weighted by atomic mass is 16.5. The molecule has 1 heterocycles. The molecule has 0 radical (unpaired) electrons. The molecule has 2 aromatic carbocycles. The molecule has 3 rings (SSSR count). The van der Waals surface area contributed by atoms with Crippen LogP contribution in [0, 0.1) is 6.92 Å². The minimum atomic E-state index is -0.0792. The SMILES string of the molecule is Cc1c(Oc2ccc(NC(=O)Cc3ccccc3)cc2)ccnc1NC=O. The summed E-state index contributed by atoms with van der Waals surface area (Å²) in [6.45, 7) is 1.81. The number of nitrogens with zero attached hydrogens (tertiary/aromatic N) is 1. The molecule has 0 fully saturated rings. The van der Waals surface area contributed by atoms with Crippen LogP contribution in [-0.4, -0.2) is 17.3 Å². The summed E-state index contributed by atoms with van der Waals surface area (Å²) in [4.78, 5) is 26.8. The molecule has 1 aromatic heterocycles. The van der Waals surface area contributed by atoms with Crippen molar-refractivity contribution in [1.82, 2.24) is 4.98 Å². The normalized spacial score (nSPS) is 10.1. The predicted molar refractivity (Wildman–Crippen MR) is 104 cm³/mol. The third kappa shape index (κ3) is 4.92. The first-order valence-corrected chi connectivity index (χ1v) is 8.43. The monoisotopic (exact) mass is 361 g/mol. The summed E-state index contributed by atoms with van der Waals surface area (Å²) in [5.41, 5.74) is 2.38. The number of amides is 2. The van der Waals surface area contributed by atoms with Crippen LogP contribution in [-0.2, 0) is 16.0 Å². The van der Waals surface area contributed by atoms with Gasteiger partial charge in [0, 0.05) is 17.4 Å². The fraction of sp³-hybridized carbons (Fsp3) is 0.0952. The smallest absolute Gasteiger partial charge is 0.228 e. The number of hydrogen-bond acceptors (Lipinski definition) is 4. The van der Waals surface area contributed by atoms with Gasteiger partial charge < -0.3 is 15.4 Å². The molecular weight excluding hydrogens is 342 g/mol. The molecule has 27 heavy (non-hydrogen) atoms. The molecular formula is C21H19N3O3. The summed E-state index contributed by atoms with van der Waals surface area (Å²) in [7, 11) is 0. The topological polar surface area (TPSA) is 80.3 Å². The van der Waals surface area contributed by atoms with Gasteiger partial charge in [-0.05, 0) is 42.8 Å². The lowest BCUT2D eigenvalue weighted by Crippen LogP contribution is -2.14. The van der Waals surface area contributed by atoms with Crippen molar-refractivity contribution in [2.45, 2.75) is 13.3 Å². The maximum absolute atomic E-state index is 12.1. The highest BCUT2D eigenvalue weighted by Crippen LogP contribution is 2.28. The van der Waals surface area contributed by atoms with Crippen LogP contribution in [0.5, 0.6) is 11.5 Å². The second kappa shape index (κ2) is 8.62. The Labute approximate surface area is 157 Å². The Kier molecular flexibility index (Phi) is 5.79. The fourth-order valence-electron chi connectivity index (χ4n) is 2.55. The van der Waals surface area contributed by atoms with E-state index in [2.05, 4.69) is 15.6 Å². The molecule has 0 saturated heterocycles. The van der Waals surface area contributed by atoms with E-state index in [1.54, 1.807) is 36.5 Å². The van der Waals surface area contributed by atoms with E-state index in [0.29, 0.717) is 35.8 Å². The Morgan fingerprint density at radius 2 is 1.81 bits per heavy atom. The molecule has 0 aliphatic rings. The lowest BCUT2D eigenvalue weighted by Gasteiger charge is -2.11. The predicted octanol–water partition coefficient (Wildman–Crippen LogP) is 3.93. The van der Waals surface area contributed by atoms with Gasteiger partial charge in [-0.25, -0.2) is 4.98 Å². The molecule has 0 atom stereocenters. The lowest BCUT2D eigenvalue weighted by atomic mass is 10.1. The van der Waals surface area contributed by atoms with Crippen LogP contribution < -0.4 is 15.4 Å². The molecule has 6 heteroatoms. The number of pyridine rings is 1. The first kappa shape index (κ1) is 18.1. The number of ether oxygens (including phenoxy) is 1. The molecule has 6 nitrogen and oxygen atoms in total. The quantitative estimate of drug-likeness (QED) is 0.625. The molecule has 2 amide bonds. The van der Waals surface area contributed by atoms with E-state index in [0.717, 1.165) is 11.1 Å². The molecule has 136 valence electrons. The minimum absolute atomic E-state index is 0.0792. The van der Waals surface area contributed by atoms with Gasteiger partial charge in [-0.3, -0.25) is 9.59 Å². The number of carbonyl (C=O) groups excluding carboxylic acids is 2. The van der Waals surface area contributed by atoms with Crippen LogP contribution in [0.25, 0.3) is 0 Å². The van der Waals surface area contributed by atoms with E-state index in [9.17, 15) is 9.59 Å². The van der Waals surface area contributed by atoms with E-state index in [1.165, 1.54) is 0 Å². The number of carbonyl (C=O) groups is 2. The van der Waals surface area contributed by atoms with Crippen molar-refractivity contribution in [1.29, 1.82) is 0 Å². The van der Waals surface area contributed by atoms with Crippen LogP contribution in [0.3, 0.4) is 0 Å². The molecule has 0 bridgehead atoms. The first-order chi connectivity index (χ1) is 13.2. The number of nitrogens with one attached hydrogen (secondary N) is 2. The van der Waals surface area contributed by atoms with Crippen molar-refractivity contribution >= 4 is 23.8 Å². The van der Waals surface area contributed by atoms with Crippen molar-refractivity contribution in [2.24, 2.45) is 0 Å². The number of aromatic nitrogens is 1. The Balaban J connectivity index is 1.63. The van der Waals surface area contributed by atoms with Gasteiger partial charge in [-0.2, -0.15) is 0 Å². The minimum Gasteiger partial charge on any atom is -0.457 e. The van der Waals surface area contributed by atoms with Crippen molar-refractivity contribution in [3.63, 3.8) is 0 Å². The molecule has 0 unspecified atom stereocenters. The zero-order valence-electron chi connectivity index (χ0n) is 14.8. The molecule has 0 spiro atoms. The van der Waals surface area contributed by atoms with Crippen molar-refractivity contribution in [3.05, 3.63) is 78.0 Å². The van der Waals surface area contributed by atoms with E-state index in [1.807, 2.05) is 37.3 Å². The summed E-state index contributed by atoms with van der Waals surface area (Å²) in [6, 6.07) is 18.4.